The number of piperidine rings is 1. The van der Waals surface area contributed by atoms with Gasteiger partial charge in [0.2, 0.25) is 0 Å². The maximum Gasteiger partial charge on any atom is 0.251 e. The summed E-state index contributed by atoms with van der Waals surface area (Å²) in [6.45, 7) is 2.94. The van der Waals surface area contributed by atoms with E-state index in [1.807, 2.05) is 54.6 Å². The van der Waals surface area contributed by atoms with Gasteiger partial charge in [0.25, 0.3) is 5.91 Å². The lowest BCUT2D eigenvalue weighted by molar-refractivity contribution is 0.0909. The molecule has 1 N–H and O–H groups in total. The monoisotopic (exact) mass is 411 g/mol. The van der Waals surface area contributed by atoms with Crippen molar-refractivity contribution in [2.45, 2.75) is 25.4 Å². The molecule has 0 aliphatic carbocycles. The van der Waals surface area contributed by atoms with Crippen LogP contribution in [-0.2, 0) is 6.54 Å². The smallest absolute Gasteiger partial charge is 0.251 e. The van der Waals surface area contributed by atoms with Gasteiger partial charge in [0, 0.05) is 36.8 Å². The van der Waals surface area contributed by atoms with Crippen LogP contribution < -0.4 is 5.32 Å². The topological polar surface area (TPSA) is 58.4 Å². The van der Waals surface area contributed by atoms with Crippen LogP contribution in [0.3, 0.4) is 0 Å². The number of amides is 1. The van der Waals surface area contributed by atoms with E-state index in [9.17, 15) is 4.79 Å². The van der Waals surface area contributed by atoms with Crippen molar-refractivity contribution in [1.82, 2.24) is 15.4 Å². The molecular formula is C26H25N3O2. The van der Waals surface area contributed by atoms with Crippen molar-refractivity contribution in [1.29, 1.82) is 0 Å². The fraction of sp³-hybridized carbons (Fsp3) is 0.231. The first-order valence-corrected chi connectivity index (χ1v) is 10.8. The highest BCUT2D eigenvalue weighted by molar-refractivity contribution is 6.01. The predicted molar refractivity (Wildman–Crippen MR) is 122 cm³/mol. The number of hydrogen-bond donors (Lipinski definition) is 1. The van der Waals surface area contributed by atoms with Crippen molar-refractivity contribution in [2.75, 3.05) is 13.1 Å². The molecule has 5 heteroatoms. The van der Waals surface area contributed by atoms with Crippen LogP contribution in [0, 0.1) is 0 Å². The minimum Gasteiger partial charge on any atom is -0.355 e. The number of nitrogens with one attached hydrogen (secondary N) is 1. The average Bonchev–Trinajstić information content (AvgIpc) is 3.25. The van der Waals surface area contributed by atoms with Crippen molar-refractivity contribution in [2.24, 2.45) is 0 Å². The van der Waals surface area contributed by atoms with Gasteiger partial charge in [-0.2, -0.15) is 0 Å². The number of rotatable bonds is 5. The first-order valence-electron chi connectivity index (χ1n) is 10.8. The van der Waals surface area contributed by atoms with Gasteiger partial charge in [-0.1, -0.05) is 65.8 Å². The molecule has 0 bridgehead atoms. The summed E-state index contributed by atoms with van der Waals surface area (Å²) in [5.41, 5.74) is 3.68. The Morgan fingerprint density at radius 1 is 0.968 bits per heavy atom. The molecule has 0 unspecified atom stereocenters. The molecule has 4 aromatic rings. The summed E-state index contributed by atoms with van der Waals surface area (Å²) >= 11 is 0. The van der Waals surface area contributed by atoms with Crippen LogP contribution in [0.5, 0.6) is 0 Å². The molecule has 1 aliphatic heterocycles. The summed E-state index contributed by atoms with van der Waals surface area (Å²) in [7, 11) is 0. The number of likely N-dealkylation sites (tertiary alicyclic amines) is 1. The van der Waals surface area contributed by atoms with Crippen LogP contribution in [0.25, 0.3) is 22.2 Å². The highest BCUT2D eigenvalue weighted by Crippen LogP contribution is 2.29. The van der Waals surface area contributed by atoms with Crippen molar-refractivity contribution in [3.05, 3.63) is 90.0 Å². The van der Waals surface area contributed by atoms with Crippen molar-refractivity contribution >= 4 is 16.8 Å². The fourth-order valence-electron chi connectivity index (χ4n) is 4.23. The van der Waals surface area contributed by atoms with E-state index in [0.29, 0.717) is 11.3 Å². The van der Waals surface area contributed by atoms with E-state index >= 15 is 0 Å². The predicted octanol–water partition coefficient (Wildman–Crippen LogP) is 4.89. The first-order chi connectivity index (χ1) is 15.3. The van der Waals surface area contributed by atoms with Gasteiger partial charge in [0.15, 0.2) is 5.76 Å². The normalized spacial score (nSPS) is 15.2. The third-order valence-corrected chi connectivity index (χ3v) is 5.95. The second kappa shape index (κ2) is 8.74. The van der Waals surface area contributed by atoms with Gasteiger partial charge in [-0.3, -0.25) is 9.69 Å². The van der Waals surface area contributed by atoms with Crippen LogP contribution in [0.4, 0.5) is 0 Å². The van der Waals surface area contributed by atoms with E-state index in [0.717, 1.165) is 48.9 Å². The second-order valence-electron chi connectivity index (χ2n) is 8.12. The molecule has 1 aromatic heterocycles. The lowest BCUT2D eigenvalue weighted by atomic mass is 10.0. The van der Waals surface area contributed by atoms with Gasteiger partial charge in [-0.15, -0.1) is 0 Å². The molecule has 3 aromatic carbocycles. The van der Waals surface area contributed by atoms with Crippen molar-refractivity contribution < 1.29 is 9.32 Å². The Balaban J connectivity index is 1.24. The van der Waals surface area contributed by atoms with Crippen LogP contribution in [0.1, 0.15) is 28.8 Å². The third kappa shape index (κ3) is 4.37. The minimum atomic E-state index is -0.0383. The third-order valence-electron chi connectivity index (χ3n) is 5.95. The minimum absolute atomic E-state index is 0.0383. The van der Waals surface area contributed by atoms with E-state index < -0.39 is 0 Å². The maximum absolute atomic E-state index is 12.9. The van der Waals surface area contributed by atoms with E-state index in [-0.39, 0.29) is 11.9 Å². The number of nitrogens with zero attached hydrogens (tertiary/aromatic N) is 2. The number of aromatic nitrogens is 1. The summed E-state index contributed by atoms with van der Waals surface area (Å²) in [6.07, 6.45) is 1.92. The van der Waals surface area contributed by atoms with Gasteiger partial charge < -0.3 is 9.84 Å². The standard InChI is InChI=1S/C26H25N3O2/c30-26(27-22-13-15-29(16-14-22)18-19-7-3-1-4-8-19)21-11-12-24-23(17-21)25(31-28-24)20-9-5-2-6-10-20/h1-12,17,22H,13-16,18H2,(H,27,30). The van der Waals surface area contributed by atoms with Crippen LogP contribution in [-0.4, -0.2) is 35.1 Å². The SMILES string of the molecule is O=C(NC1CCN(Cc2ccccc2)CC1)c1ccc2noc(-c3ccccc3)c2c1. The number of carbonyl (C=O) groups is 1. The lowest BCUT2D eigenvalue weighted by Crippen LogP contribution is -2.44. The second-order valence-corrected chi connectivity index (χ2v) is 8.12. The molecule has 0 radical (unpaired) electrons. The lowest BCUT2D eigenvalue weighted by Gasteiger charge is -2.32. The number of hydrogen-bond acceptors (Lipinski definition) is 4. The molecular weight excluding hydrogens is 386 g/mol. The molecule has 5 nitrogen and oxygen atoms in total. The van der Waals surface area contributed by atoms with Crippen molar-refractivity contribution in [3.8, 4) is 11.3 Å². The summed E-state index contributed by atoms with van der Waals surface area (Å²) in [5, 5.41) is 8.22. The van der Waals surface area contributed by atoms with E-state index in [1.54, 1.807) is 0 Å². The molecule has 1 aliphatic rings. The molecule has 0 spiro atoms. The summed E-state index contributed by atoms with van der Waals surface area (Å²) in [6, 6.07) is 26.1. The van der Waals surface area contributed by atoms with Gasteiger partial charge in [0.05, 0.1) is 5.39 Å². The van der Waals surface area contributed by atoms with Crippen molar-refractivity contribution in [3.63, 3.8) is 0 Å². The zero-order valence-corrected chi connectivity index (χ0v) is 17.3. The maximum atomic E-state index is 12.9. The Kier molecular flexibility index (Phi) is 5.50. The van der Waals surface area contributed by atoms with E-state index in [2.05, 4.69) is 39.6 Å². The molecule has 0 atom stereocenters. The molecule has 5 rings (SSSR count). The van der Waals surface area contributed by atoms with Crippen LogP contribution >= 0.6 is 0 Å². The number of carbonyl (C=O) groups excluding carboxylic acids is 1. The Labute approximate surface area is 181 Å². The zero-order chi connectivity index (χ0) is 21.0. The molecule has 1 saturated heterocycles. The van der Waals surface area contributed by atoms with Gasteiger partial charge in [-0.25, -0.2) is 0 Å². The Morgan fingerprint density at radius 2 is 1.68 bits per heavy atom. The molecule has 2 heterocycles. The van der Waals surface area contributed by atoms with E-state index in [1.165, 1.54) is 5.56 Å². The molecule has 0 saturated carbocycles. The molecule has 31 heavy (non-hydrogen) atoms. The largest absolute Gasteiger partial charge is 0.355 e. The number of benzene rings is 3. The highest BCUT2D eigenvalue weighted by Gasteiger charge is 2.22. The summed E-state index contributed by atoms with van der Waals surface area (Å²) < 4.78 is 5.56. The highest BCUT2D eigenvalue weighted by atomic mass is 16.5. The zero-order valence-electron chi connectivity index (χ0n) is 17.3. The fourth-order valence-corrected chi connectivity index (χ4v) is 4.23. The Bertz CT molecular complexity index is 1160. The number of fused-ring (bicyclic) bond motifs is 1. The van der Waals surface area contributed by atoms with E-state index in [4.69, 9.17) is 4.52 Å². The van der Waals surface area contributed by atoms with Crippen LogP contribution in [0.15, 0.2) is 83.4 Å². The average molecular weight is 412 g/mol. The molecule has 1 amide bonds. The Hall–Kier alpha value is -3.44. The van der Waals surface area contributed by atoms with Crippen LogP contribution in [0.2, 0.25) is 0 Å². The summed E-state index contributed by atoms with van der Waals surface area (Å²) in [5.74, 6) is 0.656. The van der Waals surface area contributed by atoms with Gasteiger partial charge in [-0.05, 0) is 36.6 Å². The molecule has 1 fully saturated rings. The van der Waals surface area contributed by atoms with Gasteiger partial charge in [0.1, 0.15) is 5.52 Å². The van der Waals surface area contributed by atoms with Gasteiger partial charge >= 0.3 is 0 Å². The quantitative estimate of drug-likeness (QED) is 0.508. The first kappa shape index (κ1) is 19.5. The Morgan fingerprint density at radius 3 is 2.42 bits per heavy atom. The molecule has 156 valence electrons. The summed E-state index contributed by atoms with van der Waals surface area (Å²) in [4.78, 5) is 15.4.